The maximum absolute atomic E-state index is 3.70. The molecule has 0 aliphatic carbocycles. The van der Waals surface area contributed by atoms with E-state index in [2.05, 4.69) is 12.2 Å². The van der Waals surface area contributed by atoms with E-state index in [9.17, 15) is 0 Å². The molecule has 1 rings (SSSR count). The molecule has 1 aliphatic heterocycles. The van der Waals surface area contributed by atoms with Crippen molar-refractivity contribution >= 4 is 0 Å². The van der Waals surface area contributed by atoms with E-state index in [1.807, 2.05) is 0 Å². The SMILES string of the molecule is CCCCCCCCCCC1CCCCCN1. The lowest BCUT2D eigenvalue weighted by Crippen LogP contribution is -2.27. The second-order valence-electron chi connectivity index (χ2n) is 5.76. The van der Waals surface area contributed by atoms with Crippen LogP contribution in [-0.4, -0.2) is 12.6 Å². The molecule has 1 N–H and O–H groups in total. The minimum Gasteiger partial charge on any atom is -0.314 e. The Balaban J connectivity index is 1.82. The molecule has 0 aromatic rings. The van der Waals surface area contributed by atoms with E-state index in [0.29, 0.717) is 0 Å². The van der Waals surface area contributed by atoms with Crippen molar-refractivity contribution in [2.75, 3.05) is 6.54 Å². The van der Waals surface area contributed by atoms with Crippen molar-refractivity contribution in [3.63, 3.8) is 0 Å². The lowest BCUT2D eigenvalue weighted by molar-refractivity contribution is 0.448. The summed E-state index contributed by atoms with van der Waals surface area (Å²) in [6, 6.07) is 0.845. The second-order valence-corrected chi connectivity index (χ2v) is 5.76. The van der Waals surface area contributed by atoms with Gasteiger partial charge in [-0.25, -0.2) is 0 Å². The lowest BCUT2D eigenvalue weighted by Gasteiger charge is -2.15. The van der Waals surface area contributed by atoms with Crippen LogP contribution in [0.4, 0.5) is 0 Å². The highest BCUT2D eigenvalue weighted by molar-refractivity contribution is 4.70. The average Bonchev–Trinajstić information content (AvgIpc) is 2.61. The van der Waals surface area contributed by atoms with Gasteiger partial charge in [0.15, 0.2) is 0 Å². The van der Waals surface area contributed by atoms with Gasteiger partial charge >= 0.3 is 0 Å². The Morgan fingerprint density at radius 2 is 1.53 bits per heavy atom. The van der Waals surface area contributed by atoms with E-state index in [4.69, 9.17) is 0 Å². The van der Waals surface area contributed by atoms with Gasteiger partial charge < -0.3 is 5.32 Å². The molecule has 17 heavy (non-hydrogen) atoms. The Bertz CT molecular complexity index is 148. The predicted octanol–water partition coefficient (Wildman–Crippen LogP) is 5.05. The summed E-state index contributed by atoms with van der Waals surface area (Å²) >= 11 is 0. The van der Waals surface area contributed by atoms with Crippen molar-refractivity contribution in [3.05, 3.63) is 0 Å². The third-order valence-electron chi connectivity index (χ3n) is 4.07. The number of hydrogen-bond acceptors (Lipinski definition) is 1. The molecule has 0 aromatic carbocycles. The lowest BCUT2D eigenvalue weighted by atomic mass is 10.0. The zero-order chi connectivity index (χ0) is 12.2. The standard InChI is InChI=1S/C16H33N/c1-2-3-4-5-6-7-8-10-13-16-14-11-9-12-15-17-16/h16-17H,2-15H2,1H3. The zero-order valence-corrected chi connectivity index (χ0v) is 12.0. The molecule has 1 atom stereocenters. The summed E-state index contributed by atoms with van der Waals surface area (Å²) in [5.41, 5.74) is 0. The van der Waals surface area contributed by atoms with Gasteiger partial charge in [-0.15, -0.1) is 0 Å². The fourth-order valence-corrected chi connectivity index (χ4v) is 2.87. The van der Waals surface area contributed by atoms with Gasteiger partial charge in [-0.05, 0) is 25.8 Å². The molecule has 1 heteroatoms. The van der Waals surface area contributed by atoms with Crippen LogP contribution in [0.2, 0.25) is 0 Å². The van der Waals surface area contributed by atoms with Crippen molar-refractivity contribution in [1.29, 1.82) is 0 Å². The molecule has 102 valence electrons. The van der Waals surface area contributed by atoms with Crippen LogP contribution in [-0.2, 0) is 0 Å². The second kappa shape index (κ2) is 11.1. The van der Waals surface area contributed by atoms with Crippen LogP contribution in [0.3, 0.4) is 0 Å². The molecule has 1 fully saturated rings. The Kier molecular flexibility index (Phi) is 9.78. The molecule has 1 unspecified atom stereocenters. The molecular weight excluding hydrogens is 206 g/mol. The molecule has 1 aliphatic rings. The van der Waals surface area contributed by atoms with Gasteiger partial charge in [-0.1, -0.05) is 71.1 Å². The van der Waals surface area contributed by atoms with E-state index < -0.39 is 0 Å². The topological polar surface area (TPSA) is 12.0 Å². The van der Waals surface area contributed by atoms with Crippen LogP contribution in [0.15, 0.2) is 0 Å². The van der Waals surface area contributed by atoms with E-state index >= 15 is 0 Å². The Morgan fingerprint density at radius 3 is 2.29 bits per heavy atom. The fraction of sp³-hybridized carbons (Fsp3) is 1.00. The quantitative estimate of drug-likeness (QED) is 0.555. The number of unbranched alkanes of at least 4 members (excludes halogenated alkanes) is 7. The summed E-state index contributed by atoms with van der Waals surface area (Å²) in [6.07, 6.45) is 18.7. The summed E-state index contributed by atoms with van der Waals surface area (Å²) in [4.78, 5) is 0. The first kappa shape index (κ1) is 15.0. The summed E-state index contributed by atoms with van der Waals surface area (Å²) in [5, 5.41) is 3.70. The Morgan fingerprint density at radius 1 is 0.824 bits per heavy atom. The molecule has 1 heterocycles. The maximum Gasteiger partial charge on any atom is 0.00670 e. The molecule has 0 spiro atoms. The average molecular weight is 239 g/mol. The third-order valence-corrected chi connectivity index (χ3v) is 4.07. The molecule has 1 nitrogen and oxygen atoms in total. The van der Waals surface area contributed by atoms with Gasteiger partial charge in [0, 0.05) is 6.04 Å². The monoisotopic (exact) mass is 239 g/mol. The minimum absolute atomic E-state index is 0.845. The first-order valence-corrected chi connectivity index (χ1v) is 8.17. The molecule has 0 aromatic heterocycles. The van der Waals surface area contributed by atoms with Crippen LogP contribution in [0.25, 0.3) is 0 Å². The third kappa shape index (κ3) is 8.65. The summed E-state index contributed by atoms with van der Waals surface area (Å²) in [6.45, 7) is 3.56. The Hall–Kier alpha value is -0.0400. The summed E-state index contributed by atoms with van der Waals surface area (Å²) < 4.78 is 0. The summed E-state index contributed by atoms with van der Waals surface area (Å²) in [5.74, 6) is 0. The largest absolute Gasteiger partial charge is 0.314 e. The number of hydrogen-bond donors (Lipinski definition) is 1. The van der Waals surface area contributed by atoms with E-state index in [-0.39, 0.29) is 0 Å². The number of rotatable bonds is 9. The van der Waals surface area contributed by atoms with Gasteiger partial charge in [-0.3, -0.25) is 0 Å². The highest BCUT2D eigenvalue weighted by Crippen LogP contribution is 2.15. The van der Waals surface area contributed by atoms with Crippen molar-refractivity contribution in [3.8, 4) is 0 Å². The predicted molar refractivity (Wildman–Crippen MR) is 77.5 cm³/mol. The van der Waals surface area contributed by atoms with Crippen LogP contribution < -0.4 is 5.32 Å². The van der Waals surface area contributed by atoms with Crippen molar-refractivity contribution in [2.24, 2.45) is 0 Å². The van der Waals surface area contributed by atoms with Gasteiger partial charge in [-0.2, -0.15) is 0 Å². The molecule has 0 radical (unpaired) electrons. The first-order chi connectivity index (χ1) is 8.43. The molecule has 1 saturated heterocycles. The highest BCUT2D eigenvalue weighted by Gasteiger charge is 2.10. The van der Waals surface area contributed by atoms with Gasteiger partial charge in [0.05, 0.1) is 0 Å². The fourth-order valence-electron chi connectivity index (χ4n) is 2.87. The highest BCUT2D eigenvalue weighted by atomic mass is 14.9. The number of nitrogens with one attached hydrogen (secondary N) is 1. The van der Waals surface area contributed by atoms with Crippen LogP contribution in [0, 0.1) is 0 Å². The van der Waals surface area contributed by atoms with Gasteiger partial charge in [0.2, 0.25) is 0 Å². The molecule has 0 bridgehead atoms. The normalized spacial score (nSPS) is 21.4. The summed E-state index contributed by atoms with van der Waals surface area (Å²) in [7, 11) is 0. The molecule has 0 saturated carbocycles. The maximum atomic E-state index is 3.70. The van der Waals surface area contributed by atoms with Crippen molar-refractivity contribution < 1.29 is 0 Å². The minimum atomic E-state index is 0.845. The molecule has 0 amide bonds. The van der Waals surface area contributed by atoms with Crippen LogP contribution in [0.5, 0.6) is 0 Å². The van der Waals surface area contributed by atoms with Crippen LogP contribution in [0.1, 0.15) is 90.4 Å². The van der Waals surface area contributed by atoms with E-state index in [0.717, 1.165) is 6.04 Å². The van der Waals surface area contributed by atoms with Gasteiger partial charge in [0.25, 0.3) is 0 Å². The zero-order valence-electron chi connectivity index (χ0n) is 12.0. The van der Waals surface area contributed by atoms with Crippen molar-refractivity contribution in [1.82, 2.24) is 5.32 Å². The molecular formula is C16H33N. The first-order valence-electron chi connectivity index (χ1n) is 8.17. The van der Waals surface area contributed by atoms with Gasteiger partial charge in [0.1, 0.15) is 0 Å². The Labute approximate surface area is 109 Å². The van der Waals surface area contributed by atoms with Crippen LogP contribution >= 0.6 is 0 Å². The smallest absolute Gasteiger partial charge is 0.00670 e. The van der Waals surface area contributed by atoms with E-state index in [1.54, 1.807) is 0 Å². The van der Waals surface area contributed by atoms with Crippen molar-refractivity contribution in [2.45, 2.75) is 96.4 Å². The van der Waals surface area contributed by atoms with E-state index in [1.165, 1.54) is 90.0 Å².